The molecule has 1 unspecified atom stereocenters. The summed E-state index contributed by atoms with van der Waals surface area (Å²) in [4.78, 5) is 15.3. The molecule has 0 bridgehead atoms. The standard InChI is InChI=1S/C10H14N2O2/c1-3-8(11)7-5-4-6-12-9(7)10(13)14-2/h4-6,8H,3,11H2,1-2H3. The van der Waals surface area contributed by atoms with Crippen molar-refractivity contribution in [3.63, 3.8) is 0 Å². The molecule has 1 aromatic rings. The summed E-state index contributed by atoms with van der Waals surface area (Å²) >= 11 is 0. The van der Waals surface area contributed by atoms with Crippen molar-refractivity contribution in [1.29, 1.82) is 0 Å². The average molecular weight is 194 g/mol. The van der Waals surface area contributed by atoms with Gasteiger partial charge in [-0.2, -0.15) is 0 Å². The van der Waals surface area contributed by atoms with Crippen molar-refractivity contribution >= 4 is 5.97 Å². The number of rotatable bonds is 3. The molecule has 2 N–H and O–H groups in total. The first-order valence-electron chi connectivity index (χ1n) is 4.49. The lowest BCUT2D eigenvalue weighted by molar-refractivity contribution is 0.0592. The Morgan fingerprint density at radius 1 is 1.71 bits per heavy atom. The fourth-order valence-corrected chi connectivity index (χ4v) is 1.20. The maximum absolute atomic E-state index is 11.3. The first kappa shape index (κ1) is 10.7. The number of pyridine rings is 1. The average Bonchev–Trinajstić information content (AvgIpc) is 2.27. The molecule has 0 aromatic carbocycles. The predicted octanol–water partition coefficient (Wildman–Crippen LogP) is 1.28. The third kappa shape index (κ3) is 2.09. The highest BCUT2D eigenvalue weighted by molar-refractivity contribution is 5.88. The zero-order valence-electron chi connectivity index (χ0n) is 8.36. The van der Waals surface area contributed by atoms with E-state index in [0.29, 0.717) is 5.69 Å². The number of esters is 1. The fraction of sp³-hybridized carbons (Fsp3) is 0.400. The van der Waals surface area contributed by atoms with Gasteiger partial charge in [-0.25, -0.2) is 9.78 Å². The number of hydrogen-bond acceptors (Lipinski definition) is 4. The molecule has 0 radical (unpaired) electrons. The molecule has 76 valence electrons. The summed E-state index contributed by atoms with van der Waals surface area (Å²) in [6, 6.07) is 3.39. The second-order valence-electron chi connectivity index (χ2n) is 2.95. The van der Waals surface area contributed by atoms with E-state index in [9.17, 15) is 4.79 Å². The molecule has 1 aromatic heterocycles. The van der Waals surface area contributed by atoms with E-state index in [0.717, 1.165) is 12.0 Å². The molecule has 0 aliphatic heterocycles. The first-order chi connectivity index (χ1) is 6.70. The van der Waals surface area contributed by atoms with E-state index >= 15 is 0 Å². The summed E-state index contributed by atoms with van der Waals surface area (Å²) in [5.41, 5.74) is 6.89. The first-order valence-corrected chi connectivity index (χ1v) is 4.49. The molecule has 4 nitrogen and oxygen atoms in total. The minimum atomic E-state index is -0.440. The van der Waals surface area contributed by atoms with Gasteiger partial charge in [0.1, 0.15) is 0 Å². The van der Waals surface area contributed by atoms with Gasteiger partial charge in [-0.15, -0.1) is 0 Å². The van der Waals surface area contributed by atoms with Crippen LogP contribution in [0, 0.1) is 0 Å². The maximum Gasteiger partial charge on any atom is 0.356 e. The van der Waals surface area contributed by atoms with Gasteiger partial charge in [0.05, 0.1) is 7.11 Å². The van der Waals surface area contributed by atoms with Gasteiger partial charge in [0.2, 0.25) is 0 Å². The largest absolute Gasteiger partial charge is 0.464 e. The number of hydrogen-bond donors (Lipinski definition) is 1. The molecule has 0 saturated heterocycles. The minimum absolute atomic E-state index is 0.169. The predicted molar refractivity (Wildman–Crippen MR) is 52.8 cm³/mol. The van der Waals surface area contributed by atoms with Gasteiger partial charge in [0.15, 0.2) is 5.69 Å². The number of carbonyl (C=O) groups excluding carboxylic acids is 1. The molecule has 0 fully saturated rings. The van der Waals surface area contributed by atoms with Crippen LogP contribution in [0.5, 0.6) is 0 Å². The Hall–Kier alpha value is -1.42. The van der Waals surface area contributed by atoms with Crippen LogP contribution in [0.2, 0.25) is 0 Å². The number of nitrogens with zero attached hydrogens (tertiary/aromatic N) is 1. The Morgan fingerprint density at radius 3 is 3.00 bits per heavy atom. The fourth-order valence-electron chi connectivity index (χ4n) is 1.20. The lowest BCUT2D eigenvalue weighted by atomic mass is 10.0. The van der Waals surface area contributed by atoms with Crippen molar-refractivity contribution in [3.8, 4) is 0 Å². The van der Waals surface area contributed by atoms with Gasteiger partial charge >= 0.3 is 5.97 Å². The highest BCUT2D eigenvalue weighted by Crippen LogP contribution is 2.17. The van der Waals surface area contributed by atoms with Crippen LogP contribution in [0.3, 0.4) is 0 Å². The maximum atomic E-state index is 11.3. The van der Waals surface area contributed by atoms with Crippen LogP contribution in [-0.4, -0.2) is 18.1 Å². The second-order valence-corrected chi connectivity index (χ2v) is 2.95. The summed E-state index contributed by atoms with van der Waals surface area (Å²) in [5.74, 6) is -0.440. The van der Waals surface area contributed by atoms with Crippen LogP contribution in [-0.2, 0) is 4.74 Å². The van der Waals surface area contributed by atoms with Gasteiger partial charge in [-0.1, -0.05) is 13.0 Å². The zero-order chi connectivity index (χ0) is 10.6. The molecule has 0 saturated carbocycles. The molecule has 1 rings (SSSR count). The molecule has 1 atom stereocenters. The van der Waals surface area contributed by atoms with E-state index in [2.05, 4.69) is 9.72 Å². The van der Waals surface area contributed by atoms with Crippen LogP contribution >= 0.6 is 0 Å². The van der Waals surface area contributed by atoms with Crippen LogP contribution in [0.25, 0.3) is 0 Å². The summed E-state index contributed by atoms with van der Waals surface area (Å²) in [6.45, 7) is 1.96. The summed E-state index contributed by atoms with van der Waals surface area (Å²) < 4.78 is 4.61. The molecule has 1 heterocycles. The van der Waals surface area contributed by atoms with Gasteiger partial charge in [-0.3, -0.25) is 0 Å². The Labute approximate surface area is 83.1 Å². The minimum Gasteiger partial charge on any atom is -0.464 e. The van der Waals surface area contributed by atoms with Crippen molar-refractivity contribution in [3.05, 3.63) is 29.6 Å². The van der Waals surface area contributed by atoms with Crippen LogP contribution in [0.4, 0.5) is 0 Å². The number of carbonyl (C=O) groups is 1. The topological polar surface area (TPSA) is 65.2 Å². The van der Waals surface area contributed by atoms with Gasteiger partial charge in [-0.05, 0) is 12.5 Å². The molecule has 0 amide bonds. The smallest absolute Gasteiger partial charge is 0.356 e. The van der Waals surface area contributed by atoms with Crippen molar-refractivity contribution in [2.75, 3.05) is 7.11 Å². The quantitative estimate of drug-likeness (QED) is 0.736. The molecule has 0 aliphatic rings. The van der Waals surface area contributed by atoms with Gasteiger partial charge in [0, 0.05) is 17.8 Å². The molecule has 0 spiro atoms. The van der Waals surface area contributed by atoms with Crippen LogP contribution < -0.4 is 5.73 Å². The third-order valence-corrected chi connectivity index (χ3v) is 2.06. The van der Waals surface area contributed by atoms with Crippen LogP contribution in [0.15, 0.2) is 18.3 Å². The molecule has 4 heteroatoms. The number of nitrogens with two attached hydrogens (primary N) is 1. The van der Waals surface area contributed by atoms with E-state index in [1.54, 1.807) is 18.3 Å². The molecule has 14 heavy (non-hydrogen) atoms. The van der Waals surface area contributed by atoms with Crippen molar-refractivity contribution in [1.82, 2.24) is 4.98 Å². The van der Waals surface area contributed by atoms with E-state index in [1.165, 1.54) is 7.11 Å². The number of methoxy groups -OCH3 is 1. The van der Waals surface area contributed by atoms with Crippen molar-refractivity contribution in [2.45, 2.75) is 19.4 Å². The molecule has 0 aliphatic carbocycles. The van der Waals surface area contributed by atoms with Crippen molar-refractivity contribution in [2.24, 2.45) is 5.73 Å². The lowest BCUT2D eigenvalue weighted by Crippen LogP contribution is -2.16. The van der Waals surface area contributed by atoms with E-state index in [-0.39, 0.29) is 6.04 Å². The number of ether oxygens (including phenoxy) is 1. The van der Waals surface area contributed by atoms with Gasteiger partial charge < -0.3 is 10.5 Å². The Balaban J connectivity index is 3.09. The van der Waals surface area contributed by atoms with Gasteiger partial charge in [0.25, 0.3) is 0 Å². The van der Waals surface area contributed by atoms with Crippen LogP contribution in [0.1, 0.15) is 35.4 Å². The Bertz CT molecular complexity index is 326. The highest BCUT2D eigenvalue weighted by Gasteiger charge is 2.16. The van der Waals surface area contributed by atoms with E-state index in [1.807, 2.05) is 6.92 Å². The Morgan fingerprint density at radius 2 is 2.43 bits per heavy atom. The highest BCUT2D eigenvalue weighted by atomic mass is 16.5. The molecular formula is C10H14N2O2. The molecular weight excluding hydrogens is 180 g/mol. The summed E-state index contributed by atoms with van der Waals surface area (Å²) in [6.07, 6.45) is 2.31. The SMILES string of the molecule is CCC(N)c1cccnc1C(=O)OC. The third-order valence-electron chi connectivity index (χ3n) is 2.06. The van der Waals surface area contributed by atoms with E-state index < -0.39 is 5.97 Å². The summed E-state index contributed by atoms with van der Waals surface area (Å²) in [7, 11) is 1.33. The lowest BCUT2D eigenvalue weighted by Gasteiger charge is -2.11. The summed E-state index contributed by atoms with van der Waals surface area (Å²) in [5, 5.41) is 0. The van der Waals surface area contributed by atoms with Crippen molar-refractivity contribution < 1.29 is 9.53 Å². The van der Waals surface area contributed by atoms with E-state index in [4.69, 9.17) is 5.73 Å². The number of aromatic nitrogens is 1. The second kappa shape index (κ2) is 4.72. The normalized spacial score (nSPS) is 12.2. The monoisotopic (exact) mass is 194 g/mol. The zero-order valence-corrected chi connectivity index (χ0v) is 8.36. The Kier molecular flexibility index (Phi) is 3.59.